The Morgan fingerprint density at radius 3 is 1.92 bits per heavy atom. The summed E-state index contributed by atoms with van der Waals surface area (Å²) in [5.41, 5.74) is 2.59. The molecule has 13 heavy (non-hydrogen) atoms. The van der Waals surface area contributed by atoms with Gasteiger partial charge in [0.2, 0.25) is 0 Å². The molecule has 0 radical (unpaired) electrons. The van der Waals surface area contributed by atoms with Crippen molar-refractivity contribution >= 4 is 12.6 Å². The van der Waals surface area contributed by atoms with E-state index in [1.807, 2.05) is 7.05 Å². The summed E-state index contributed by atoms with van der Waals surface area (Å²) in [6, 6.07) is 8.59. The summed E-state index contributed by atoms with van der Waals surface area (Å²) >= 11 is 4.39. The van der Waals surface area contributed by atoms with Crippen molar-refractivity contribution in [1.82, 2.24) is 5.32 Å². The first-order valence-electron chi connectivity index (χ1n) is 4.60. The third-order valence-corrected chi connectivity index (χ3v) is 2.75. The molecule has 1 N–H and O–H groups in total. The molecule has 2 heteroatoms. The number of nitrogens with one attached hydrogen (secondary N) is 1. The average molecular weight is 195 g/mol. The lowest BCUT2D eigenvalue weighted by Gasteiger charge is -2.11. The van der Waals surface area contributed by atoms with E-state index in [1.54, 1.807) is 0 Å². The highest BCUT2D eigenvalue weighted by Gasteiger charge is 2.03. The van der Waals surface area contributed by atoms with Crippen molar-refractivity contribution in [3.05, 3.63) is 35.4 Å². The Kier molecular flexibility index (Phi) is 3.82. The van der Waals surface area contributed by atoms with Gasteiger partial charge in [-0.2, -0.15) is 12.6 Å². The molecule has 1 rings (SSSR count). The zero-order valence-corrected chi connectivity index (χ0v) is 9.31. The summed E-state index contributed by atoms with van der Waals surface area (Å²) in [5, 5.41) is 3.23. The molecule has 72 valence electrons. The van der Waals surface area contributed by atoms with E-state index in [2.05, 4.69) is 56.1 Å². The van der Waals surface area contributed by atoms with Crippen LogP contribution in [-0.2, 0) is 0 Å². The van der Waals surface area contributed by atoms with E-state index in [0.29, 0.717) is 5.92 Å². The van der Waals surface area contributed by atoms with E-state index in [-0.39, 0.29) is 5.37 Å². The van der Waals surface area contributed by atoms with Gasteiger partial charge < -0.3 is 5.32 Å². The van der Waals surface area contributed by atoms with Crippen molar-refractivity contribution in [3.63, 3.8) is 0 Å². The Balaban J connectivity index is 2.81. The molecular formula is C11H17NS. The van der Waals surface area contributed by atoms with Crippen molar-refractivity contribution in [3.8, 4) is 0 Å². The maximum atomic E-state index is 4.39. The molecule has 1 nitrogen and oxygen atoms in total. The van der Waals surface area contributed by atoms with Crippen LogP contribution < -0.4 is 5.32 Å². The lowest BCUT2D eigenvalue weighted by Crippen LogP contribution is -2.09. The molecule has 0 bridgehead atoms. The number of rotatable bonds is 3. The van der Waals surface area contributed by atoms with Crippen LogP contribution >= 0.6 is 12.6 Å². The zero-order valence-electron chi connectivity index (χ0n) is 8.41. The van der Waals surface area contributed by atoms with Gasteiger partial charge in [-0.15, -0.1) is 0 Å². The number of hydrogen-bond donors (Lipinski definition) is 2. The van der Waals surface area contributed by atoms with Crippen LogP contribution in [-0.4, -0.2) is 7.05 Å². The number of benzene rings is 1. The summed E-state index contributed by atoms with van der Waals surface area (Å²) in [6.45, 7) is 4.40. The quantitative estimate of drug-likeness (QED) is 0.558. The van der Waals surface area contributed by atoms with E-state index >= 15 is 0 Å². The molecule has 0 aliphatic heterocycles. The van der Waals surface area contributed by atoms with Gasteiger partial charge in [0, 0.05) is 0 Å². The van der Waals surface area contributed by atoms with Crippen LogP contribution in [0.5, 0.6) is 0 Å². The Labute approximate surface area is 86.0 Å². The standard InChI is InChI=1S/C11H17NS/c1-8(2)9-4-6-10(7-5-9)11(13)12-3/h4-8,11-13H,1-3H3. The lowest BCUT2D eigenvalue weighted by molar-refractivity contribution is 0.797. The van der Waals surface area contributed by atoms with Crippen LogP contribution in [0.4, 0.5) is 0 Å². The molecule has 1 aromatic rings. The van der Waals surface area contributed by atoms with Gasteiger partial charge in [-0.3, -0.25) is 0 Å². The Morgan fingerprint density at radius 1 is 1.08 bits per heavy atom. The second-order valence-electron chi connectivity index (χ2n) is 3.51. The lowest BCUT2D eigenvalue weighted by atomic mass is 10.0. The summed E-state index contributed by atoms with van der Waals surface area (Å²) in [6.07, 6.45) is 0. The minimum Gasteiger partial charge on any atom is -0.305 e. The largest absolute Gasteiger partial charge is 0.305 e. The first-order chi connectivity index (χ1) is 6.15. The molecule has 0 fully saturated rings. The van der Waals surface area contributed by atoms with Crippen LogP contribution in [0.1, 0.15) is 36.3 Å². The molecule has 0 aliphatic rings. The fourth-order valence-electron chi connectivity index (χ4n) is 1.23. The molecule has 0 spiro atoms. The fraction of sp³-hybridized carbons (Fsp3) is 0.455. The van der Waals surface area contributed by atoms with E-state index in [1.165, 1.54) is 11.1 Å². The summed E-state index contributed by atoms with van der Waals surface area (Å²) in [7, 11) is 1.91. The maximum Gasteiger partial charge on any atom is 0.0757 e. The highest BCUT2D eigenvalue weighted by Crippen LogP contribution is 2.20. The van der Waals surface area contributed by atoms with E-state index in [4.69, 9.17) is 0 Å². The molecule has 1 atom stereocenters. The van der Waals surface area contributed by atoms with Gasteiger partial charge in [0.1, 0.15) is 0 Å². The van der Waals surface area contributed by atoms with Gasteiger partial charge in [0.05, 0.1) is 5.37 Å². The highest BCUT2D eigenvalue weighted by atomic mass is 32.1. The predicted molar refractivity (Wildman–Crippen MR) is 61.3 cm³/mol. The normalized spacial score (nSPS) is 13.3. The zero-order chi connectivity index (χ0) is 9.84. The third-order valence-electron chi connectivity index (χ3n) is 2.19. The molecule has 0 saturated heterocycles. The van der Waals surface area contributed by atoms with Gasteiger partial charge in [-0.05, 0) is 24.1 Å². The third kappa shape index (κ3) is 2.75. The van der Waals surface area contributed by atoms with Crippen LogP contribution in [0, 0.1) is 0 Å². The van der Waals surface area contributed by atoms with Crippen LogP contribution in [0.15, 0.2) is 24.3 Å². The first kappa shape index (κ1) is 10.6. The van der Waals surface area contributed by atoms with Gasteiger partial charge in [0.15, 0.2) is 0 Å². The van der Waals surface area contributed by atoms with Crippen molar-refractivity contribution in [1.29, 1.82) is 0 Å². The number of thiol groups is 1. The topological polar surface area (TPSA) is 12.0 Å². The van der Waals surface area contributed by atoms with Crippen molar-refractivity contribution in [2.75, 3.05) is 7.05 Å². The summed E-state index contributed by atoms with van der Waals surface area (Å²) < 4.78 is 0. The van der Waals surface area contributed by atoms with Crippen LogP contribution in [0.3, 0.4) is 0 Å². The van der Waals surface area contributed by atoms with E-state index < -0.39 is 0 Å². The first-order valence-corrected chi connectivity index (χ1v) is 5.12. The molecule has 0 aliphatic carbocycles. The van der Waals surface area contributed by atoms with Gasteiger partial charge >= 0.3 is 0 Å². The average Bonchev–Trinajstić information content (AvgIpc) is 2.17. The molecule has 1 unspecified atom stereocenters. The Morgan fingerprint density at radius 2 is 1.54 bits per heavy atom. The van der Waals surface area contributed by atoms with Gasteiger partial charge in [-0.25, -0.2) is 0 Å². The molecular weight excluding hydrogens is 178 g/mol. The Bertz CT molecular complexity index is 253. The monoisotopic (exact) mass is 195 g/mol. The predicted octanol–water partition coefficient (Wildman–Crippen LogP) is 2.96. The van der Waals surface area contributed by atoms with Crippen LogP contribution in [0.2, 0.25) is 0 Å². The van der Waals surface area contributed by atoms with Gasteiger partial charge in [0.25, 0.3) is 0 Å². The highest BCUT2D eigenvalue weighted by molar-refractivity contribution is 7.80. The maximum absolute atomic E-state index is 4.39. The second-order valence-corrected chi connectivity index (χ2v) is 4.03. The fourth-order valence-corrected chi connectivity index (χ4v) is 1.40. The van der Waals surface area contributed by atoms with E-state index in [0.717, 1.165) is 0 Å². The molecule has 0 heterocycles. The van der Waals surface area contributed by atoms with Gasteiger partial charge in [-0.1, -0.05) is 38.1 Å². The molecule has 1 aromatic carbocycles. The Hall–Kier alpha value is -0.470. The summed E-state index contributed by atoms with van der Waals surface area (Å²) in [4.78, 5) is 0. The minimum absolute atomic E-state index is 0.140. The molecule has 0 saturated carbocycles. The smallest absolute Gasteiger partial charge is 0.0757 e. The number of hydrogen-bond acceptors (Lipinski definition) is 2. The molecule has 0 amide bonds. The SMILES string of the molecule is CNC(S)c1ccc(C(C)C)cc1. The second kappa shape index (κ2) is 4.68. The van der Waals surface area contributed by atoms with Crippen molar-refractivity contribution in [2.24, 2.45) is 0 Å². The van der Waals surface area contributed by atoms with Crippen LogP contribution in [0.25, 0.3) is 0 Å². The van der Waals surface area contributed by atoms with Crippen molar-refractivity contribution < 1.29 is 0 Å². The molecule has 0 aromatic heterocycles. The minimum atomic E-state index is 0.140. The van der Waals surface area contributed by atoms with Crippen molar-refractivity contribution in [2.45, 2.75) is 25.1 Å². The summed E-state index contributed by atoms with van der Waals surface area (Å²) in [5.74, 6) is 0.599. The van der Waals surface area contributed by atoms with E-state index in [9.17, 15) is 0 Å².